The first-order valence-corrected chi connectivity index (χ1v) is 9.50. The van der Waals surface area contributed by atoms with E-state index in [1.54, 1.807) is 13.8 Å². The van der Waals surface area contributed by atoms with Crippen LogP contribution >= 0.6 is 0 Å². The van der Waals surface area contributed by atoms with Crippen molar-refractivity contribution in [1.29, 1.82) is 0 Å². The molecule has 1 aliphatic heterocycles. The molecular formula is C21H26FN3O3. The molecule has 7 heteroatoms. The summed E-state index contributed by atoms with van der Waals surface area (Å²) in [5.74, 6) is 0.130. The number of aromatic nitrogens is 2. The van der Waals surface area contributed by atoms with Crippen LogP contribution in [-0.2, 0) is 0 Å². The number of aromatic carboxylic acids is 1. The first-order chi connectivity index (χ1) is 13.3. The maximum absolute atomic E-state index is 13.8. The highest BCUT2D eigenvalue weighted by Gasteiger charge is 2.25. The second kappa shape index (κ2) is 8.65. The Labute approximate surface area is 164 Å². The normalized spacial score (nSPS) is 16.1. The number of piperidine rings is 1. The van der Waals surface area contributed by atoms with E-state index in [4.69, 9.17) is 9.84 Å². The number of carbonyl (C=O) groups is 1. The Balaban J connectivity index is 1.50. The topological polar surface area (TPSA) is 75.5 Å². The summed E-state index contributed by atoms with van der Waals surface area (Å²) >= 11 is 0. The lowest BCUT2D eigenvalue weighted by Gasteiger charge is -2.34. The number of benzene rings is 1. The number of nitrogens with zero attached hydrogens (tertiary/aromatic N) is 3. The van der Waals surface area contributed by atoms with E-state index in [9.17, 15) is 9.18 Å². The van der Waals surface area contributed by atoms with E-state index in [-0.39, 0.29) is 5.69 Å². The van der Waals surface area contributed by atoms with Crippen molar-refractivity contribution in [3.05, 3.63) is 42.4 Å². The van der Waals surface area contributed by atoms with E-state index in [2.05, 4.69) is 14.9 Å². The molecule has 0 radical (unpaired) electrons. The minimum atomic E-state index is -1.15. The molecule has 0 saturated carbocycles. The zero-order valence-electron chi connectivity index (χ0n) is 16.3. The van der Waals surface area contributed by atoms with Crippen molar-refractivity contribution in [2.45, 2.75) is 32.4 Å². The molecule has 1 aromatic carbocycles. The van der Waals surface area contributed by atoms with Crippen LogP contribution in [0.2, 0.25) is 0 Å². The van der Waals surface area contributed by atoms with Gasteiger partial charge in [-0.05, 0) is 70.0 Å². The molecule has 0 aliphatic carbocycles. The fraction of sp³-hybridized carbons (Fsp3) is 0.476. The number of hydrogen-bond acceptors (Lipinski definition) is 5. The minimum Gasteiger partial charge on any atom is -0.493 e. The molecule has 3 rings (SSSR count). The maximum Gasteiger partial charge on any atom is 0.356 e. The Hall–Kier alpha value is -2.54. The molecule has 1 aliphatic rings. The van der Waals surface area contributed by atoms with Gasteiger partial charge in [0.25, 0.3) is 0 Å². The van der Waals surface area contributed by atoms with E-state index < -0.39 is 11.6 Å². The van der Waals surface area contributed by atoms with Crippen molar-refractivity contribution in [1.82, 2.24) is 14.9 Å². The van der Waals surface area contributed by atoms with Crippen molar-refractivity contribution in [3.8, 4) is 17.0 Å². The predicted molar refractivity (Wildman–Crippen MR) is 104 cm³/mol. The summed E-state index contributed by atoms with van der Waals surface area (Å²) in [5.41, 5.74) is 0.0550. The van der Waals surface area contributed by atoms with Gasteiger partial charge >= 0.3 is 5.97 Å². The maximum atomic E-state index is 13.8. The lowest BCUT2D eigenvalue weighted by atomic mass is 9.97. The molecule has 0 amide bonds. The molecule has 6 nitrogen and oxygen atoms in total. The molecular weight excluding hydrogens is 361 g/mol. The Kier molecular flexibility index (Phi) is 6.24. The van der Waals surface area contributed by atoms with Crippen LogP contribution in [0.3, 0.4) is 0 Å². The average Bonchev–Trinajstić information content (AvgIpc) is 2.67. The van der Waals surface area contributed by atoms with Gasteiger partial charge in [-0.25, -0.2) is 14.2 Å². The molecule has 150 valence electrons. The van der Waals surface area contributed by atoms with Gasteiger partial charge in [-0.15, -0.1) is 0 Å². The van der Waals surface area contributed by atoms with Crippen molar-refractivity contribution < 1.29 is 19.0 Å². The van der Waals surface area contributed by atoms with Crippen LogP contribution in [0.15, 0.2) is 36.7 Å². The third-order valence-corrected chi connectivity index (χ3v) is 4.80. The van der Waals surface area contributed by atoms with Gasteiger partial charge in [0.05, 0.1) is 24.7 Å². The van der Waals surface area contributed by atoms with Crippen molar-refractivity contribution in [2.24, 2.45) is 5.92 Å². The van der Waals surface area contributed by atoms with Gasteiger partial charge in [0, 0.05) is 12.1 Å². The van der Waals surface area contributed by atoms with Crippen LogP contribution in [0.5, 0.6) is 5.75 Å². The second-order valence-electron chi connectivity index (χ2n) is 7.87. The quantitative estimate of drug-likeness (QED) is 0.781. The lowest BCUT2D eigenvalue weighted by Crippen LogP contribution is -2.41. The van der Waals surface area contributed by atoms with Gasteiger partial charge in [0.1, 0.15) is 11.4 Å². The monoisotopic (exact) mass is 387 g/mol. The molecule has 1 aromatic heterocycles. The van der Waals surface area contributed by atoms with E-state index >= 15 is 0 Å². The number of likely N-dealkylation sites (tertiary alicyclic amines) is 1. The molecule has 2 aromatic rings. The summed E-state index contributed by atoms with van der Waals surface area (Å²) in [4.78, 5) is 21.2. The highest BCUT2D eigenvalue weighted by atomic mass is 19.1. The Bertz CT molecular complexity index is 797. The number of halogens is 1. The summed E-state index contributed by atoms with van der Waals surface area (Å²) in [7, 11) is 0. The van der Waals surface area contributed by atoms with Gasteiger partial charge in [-0.2, -0.15) is 0 Å². The molecule has 1 saturated heterocycles. The Morgan fingerprint density at radius 1 is 1.25 bits per heavy atom. The van der Waals surface area contributed by atoms with Gasteiger partial charge in [-0.1, -0.05) is 0 Å². The van der Waals surface area contributed by atoms with Gasteiger partial charge in [-0.3, -0.25) is 4.98 Å². The largest absolute Gasteiger partial charge is 0.493 e. The number of carboxylic acids is 1. The van der Waals surface area contributed by atoms with Crippen molar-refractivity contribution in [3.63, 3.8) is 0 Å². The third kappa shape index (κ3) is 5.73. The molecule has 0 spiro atoms. The van der Waals surface area contributed by atoms with Crippen LogP contribution in [0.1, 0.15) is 37.2 Å². The van der Waals surface area contributed by atoms with Crippen LogP contribution in [0.25, 0.3) is 11.3 Å². The lowest BCUT2D eigenvalue weighted by molar-refractivity contribution is 0.0690. The molecule has 0 bridgehead atoms. The minimum absolute atomic E-state index is 0.0830. The smallest absolute Gasteiger partial charge is 0.356 e. The fourth-order valence-electron chi connectivity index (χ4n) is 3.39. The average molecular weight is 387 g/mol. The highest BCUT2D eigenvalue weighted by Crippen LogP contribution is 2.24. The number of rotatable bonds is 7. The summed E-state index contributed by atoms with van der Waals surface area (Å²) in [6.45, 7) is 6.16. The SMILES string of the molecule is CC(C)(F)CN1CCC(COc2ccc(-c3cncc(C(=O)O)n3)cc2)CC1. The molecule has 28 heavy (non-hydrogen) atoms. The van der Waals surface area contributed by atoms with E-state index in [0.29, 0.717) is 24.8 Å². The zero-order chi connectivity index (χ0) is 20.1. The second-order valence-corrected chi connectivity index (χ2v) is 7.87. The Morgan fingerprint density at radius 3 is 2.54 bits per heavy atom. The van der Waals surface area contributed by atoms with Crippen molar-refractivity contribution >= 4 is 5.97 Å². The summed E-state index contributed by atoms with van der Waals surface area (Å²) in [6, 6.07) is 7.39. The molecule has 0 unspecified atom stereocenters. The zero-order valence-corrected chi connectivity index (χ0v) is 16.3. The number of alkyl halides is 1. The van der Waals surface area contributed by atoms with Gasteiger partial charge in [0.15, 0.2) is 5.69 Å². The molecule has 1 N–H and O–H groups in total. The highest BCUT2D eigenvalue weighted by molar-refractivity contribution is 5.85. The van der Waals surface area contributed by atoms with Gasteiger partial charge in [0.2, 0.25) is 0 Å². The van der Waals surface area contributed by atoms with Crippen LogP contribution < -0.4 is 4.74 Å². The molecule has 0 atom stereocenters. The number of ether oxygens (including phenoxy) is 1. The van der Waals surface area contributed by atoms with E-state index in [1.807, 2.05) is 24.3 Å². The molecule has 2 heterocycles. The summed E-state index contributed by atoms with van der Waals surface area (Å²) < 4.78 is 19.7. The summed E-state index contributed by atoms with van der Waals surface area (Å²) in [5, 5.41) is 9.02. The molecule has 1 fully saturated rings. The van der Waals surface area contributed by atoms with Crippen molar-refractivity contribution in [2.75, 3.05) is 26.2 Å². The predicted octanol–water partition coefficient (Wildman–Crippen LogP) is 3.68. The van der Waals surface area contributed by atoms with Crippen LogP contribution in [0, 0.1) is 5.92 Å². The standard InChI is InChI=1S/C21H26FN3O3/c1-21(2,22)14-25-9-7-15(8-10-25)13-28-17-5-3-16(4-6-17)18-11-23-12-19(24-18)20(26)27/h3-6,11-12,15H,7-10,13-14H2,1-2H3,(H,26,27). The Morgan fingerprint density at radius 2 is 1.93 bits per heavy atom. The number of carboxylic acid groups (broad SMARTS) is 1. The van der Waals surface area contributed by atoms with E-state index in [0.717, 1.165) is 37.2 Å². The van der Waals surface area contributed by atoms with Crippen LogP contribution in [-0.4, -0.2) is 57.9 Å². The number of hydrogen-bond donors (Lipinski definition) is 1. The summed E-state index contributed by atoms with van der Waals surface area (Å²) in [6.07, 6.45) is 4.77. The first-order valence-electron chi connectivity index (χ1n) is 9.50. The fourth-order valence-corrected chi connectivity index (χ4v) is 3.39. The van der Waals surface area contributed by atoms with E-state index in [1.165, 1.54) is 12.4 Å². The van der Waals surface area contributed by atoms with Crippen LogP contribution in [0.4, 0.5) is 4.39 Å². The first kappa shape index (κ1) is 20.2. The van der Waals surface area contributed by atoms with Gasteiger partial charge < -0.3 is 14.7 Å². The third-order valence-electron chi connectivity index (χ3n) is 4.80.